The van der Waals surface area contributed by atoms with Crippen molar-refractivity contribution in [3.8, 4) is 11.5 Å². The van der Waals surface area contributed by atoms with Crippen LogP contribution >= 0.6 is 12.4 Å². The molecule has 1 aromatic carbocycles. The zero-order valence-corrected chi connectivity index (χ0v) is 12.7. The molecule has 6 heteroatoms. The Balaban J connectivity index is 0.00000161. The predicted octanol–water partition coefficient (Wildman–Crippen LogP) is 2.19. The summed E-state index contributed by atoms with van der Waals surface area (Å²) < 4.78 is 11.0. The fourth-order valence-electron chi connectivity index (χ4n) is 3.02. The Morgan fingerprint density at radius 2 is 2.00 bits per heavy atom. The Labute approximate surface area is 130 Å². The third-order valence-electron chi connectivity index (χ3n) is 4.11. The molecular weight excluding hydrogens is 292 g/mol. The molecule has 1 fully saturated rings. The van der Waals surface area contributed by atoms with E-state index in [0.29, 0.717) is 31.4 Å². The monoisotopic (exact) mass is 312 g/mol. The third-order valence-corrected chi connectivity index (χ3v) is 4.11. The van der Waals surface area contributed by atoms with Crippen molar-refractivity contribution in [1.29, 1.82) is 0 Å². The van der Waals surface area contributed by atoms with E-state index in [4.69, 9.17) is 15.2 Å². The number of fused-ring (bicyclic) bond motifs is 1. The fourth-order valence-corrected chi connectivity index (χ4v) is 3.02. The molecule has 0 unspecified atom stereocenters. The molecule has 116 valence electrons. The van der Waals surface area contributed by atoms with Crippen LogP contribution < -0.4 is 20.5 Å². The lowest BCUT2D eigenvalue weighted by Gasteiger charge is -2.20. The number of nitrogens with two attached hydrogens (primary N) is 1. The summed E-state index contributed by atoms with van der Waals surface area (Å²) >= 11 is 0. The van der Waals surface area contributed by atoms with Crippen LogP contribution in [0.2, 0.25) is 0 Å². The van der Waals surface area contributed by atoms with Gasteiger partial charge in [-0.1, -0.05) is 6.42 Å². The van der Waals surface area contributed by atoms with Gasteiger partial charge in [0.05, 0.1) is 0 Å². The van der Waals surface area contributed by atoms with E-state index in [-0.39, 0.29) is 24.2 Å². The van der Waals surface area contributed by atoms with Gasteiger partial charge in [-0.05, 0) is 37.4 Å². The topological polar surface area (TPSA) is 73.6 Å². The SMILES string of the molecule is Cl.NC[C@H]1CCC[C@H]1C(=O)Nc1ccc2c(c1)OCCO2. The van der Waals surface area contributed by atoms with Gasteiger partial charge in [-0.3, -0.25) is 4.79 Å². The van der Waals surface area contributed by atoms with Crippen molar-refractivity contribution in [1.82, 2.24) is 0 Å². The number of rotatable bonds is 3. The van der Waals surface area contributed by atoms with Crippen LogP contribution in [0.5, 0.6) is 11.5 Å². The molecule has 2 atom stereocenters. The van der Waals surface area contributed by atoms with E-state index in [1.54, 1.807) is 0 Å². The Hall–Kier alpha value is -1.46. The van der Waals surface area contributed by atoms with E-state index in [1.165, 1.54) is 0 Å². The number of carbonyl (C=O) groups is 1. The number of benzene rings is 1. The molecule has 1 aromatic rings. The molecule has 1 aliphatic heterocycles. The second-order valence-electron chi connectivity index (χ2n) is 5.38. The first kappa shape index (κ1) is 15.9. The highest BCUT2D eigenvalue weighted by atomic mass is 35.5. The number of ether oxygens (including phenoxy) is 2. The van der Waals surface area contributed by atoms with Crippen molar-refractivity contribution >= 4 is 24.0 Å². The Kier molecular flexibility index (Phi) is 5.31. The molecular formula is C15H21ClN2O3. The van der Waals surface area contributed by atoms with Gasteiger partial charge >= 0.3 is 0 Å². The summed E-state index contributed by atoms with van der Waals surface area (Å²) in [4.78, 5) is 12.3. The molecule has 0 saturated heterocycles. The summed E-state index contributed by atoms with van der Waals surface area (Å²) in [6, 6.07) is 5.50. The van der Waals surface area contributed by atoms with Gasteiger partial charge in [0.1, 0.15) is 13.2 Å². The molecule has 1 saturated carbocycles. The standard InChI is InChI=1S/C15H20N2O3.ClH/c16-9-10-2-1-3-12(10)15(18)17-11-4-5-13-14(8-11)20-7-6-19-13;/h4-5,8,10,12H,1-3,6-7,9,16H2,(H,17,18);1H/t10-,12-;/m1./s1. The van der Waals surface area contributed by atoms with E-state index >= 15 is 0 Å². The molecule has 1 aliphatic carbocycles. The molecule has 3 N–H and O–H groups in total. The van der Waals surface area contributed by atoms with E-state index in [1.807, 2.05) is 18.2 Å². The second kappa shape index (κ2) is 7.00. The summed E-state index contributed by atoms with van der Waals surface area (Å²) in [5.74, 6) is 1.83. The van der Waals surface area contributed by atoms with Crippen LogP contribution in [0.4, 0.5) is 5.69 Å². The highest BCUT2D eigenvalue weighted by Crippen LogP contribution is 2.34. The lowest BCUT2D eigenvalue weighted by Crippen LogP contribution is -2.29. The van der Waals surface area contributed by atoms with Gasteiger partial charge in [-0.25, -0.2) is 0 Å². The molecule has 0 radical (unpaired) electrons. The highest BCUT2D eigenvalue weighted by Gasteiger charge is 2.32. The molecule has 1 amide bonds. The van der Waals surface area contributed by atoms with E-state index in [0.717, 1.165) is 30.7 Å². The molecule has 0 bridgehead atoms. The van der Waals surface area contributed by atoms with Crippen molar-refractivity contribution < 1.29 is 14.3 Å². The van der Waals surface area contributed by atoms with E-state index in [9.17, 15) is 4.79 Å². The Morgan fingerprint density at radius 3 is 2.76 bits per heavy atom. The van der Waals surface area contributed by atoms with Gasteiger partial charge in [-0.2, -0.15) is 0 Å². The summed E-state index contributed by atoms with van der Waals surface area (Å²) in [6.45, 7) is 1.69. The summed E-state index contributed by atoms with van der Waals surface area (Å²) in [7, 11) is 0. The first-order valence-corrected chi connectivity index (χ1v) is 7.18. The van der Waals surface area contributed by atoms with Gasteiger partial charge in [0, 0.05) is 17.7 Å². The normalized spacial score (nSPS) is 23.3. The summed E-state index contributed by atoms with van der Waals surface area (Å²) in [5.41, 5.74) is 6.48. The number of amides is 1. The van der Waals surface area contributed by atoms with Gasteiger partial charge < -0.3 is 20.5 Å². The van der Waals surface area contributed by atoms with Crippen LogP contribution in [0.15, 0.2) is 18.2 Å². The summed E-state index contributed by atoms with van der Waals surface area (Å²) in [5, 5.41) is 2.97. The first-order chi connectivity index (χ1) is 9.78. The molecule has 3 rings (SSSR count). The molecule has 5 nitrogen and oxygen atoms in total. The zero-order valence-electron chi connectivity index (χ0n) is 11.8. The van der Waals surface area contributed by atoms with E-state index in [2.05, 4.69) is 5.32 Å². The van der Waals surface area contributed by atoms with Crippen molar-refractivity contribution in [2.45, 2.75) is 19.3 Å². The maximum Gasteiger partial charge on any atom is 0.227 e. The number of carbonyl (C=O) groups excluding carboxylic acids is 1. The maximum absolute atomic E-state index is 12.3. The summed E-state index contributed by atoms with van der Waals surface area (Å²) in [6.07, 6.45) is 3.06. The maximum atomic E-state index is 12.3. The first-order valence-electron chi connectivity index (χ1n) is 7.18. The molecule has 2 aliphatic rings. The zero-order chi connectivity index (χ0) is 13.9. The van der Waals surface area contributed by atoms with Crippen LogP contribution in [0.1, 0.15) is 19.3 Å². The fraction of sp³-hybridized carbons (Fsp3) is 0.533. The van der Waals surface area contributed by atoms with E-state index < -0.39 is 0 Å². The third kappa shape index (κ3) is 3.41. The quantitative estimate of drug-likeness (QED) is 0.897. The van der Waals surface area contributed by atoms with Gasteiger partial charge in [0.2, 0.25) is 5.91 Å². The molecule has 21 heavy (non-hydrogen) atoms. The van der Waals surface area contributed by atoms with Crippen LogP contribution in [0.3, 0.4) is 0 Å². The minimum Gasteiger partial charge on any atom is -0.486 e. The Bertz CT molecular complexity index is 510. The largest absolute Gasteiger partial charge is 0.486 e. The van der Waals surface area contributed by atoms with Crippen LogP contribution in [-0.4, -0.2) is 25.7 Å². The Morgan fingerprint density at radius 1 is 1.24 bits per heavy atom. The minimum absolute atomic E-state index is 0. The lowest BCUT2D eigenvalue weighted by molar-refractivity contribution is -0.120. The number of halogens is 1. The van der Waals surface area contributed by atoms with Crippen LogP contribution in [0, 0.1) is 11.8 Å². The van der Waals surface area contributed by atoms with Gasteiger partial charge in [0.15, 0.2) is 11.5 Å². The predicted molar refractivity (Wildman–Crippen MR) is 83.2 cm³/mol. The molecule has 0 aromatic heterocycles. The highest BCUT2D eigenvalue weighted by molar-refractivity contribution is 5.93. The van der Waals surface area contributed by atoms with Crippen LogP contribution in [-0.2, 0) is 4.79 Å². The molecule has 0 spiro atoms. The number of nitrogens with one attached hydrogen (secondary N) is 1. The molecule has 1 heterocycles. The average Bonchev–Trinajstić information content (AvgIpc) is 2.95. The average molecular weight is 313 g/mol. The van der Waals surface area contributed by atoms with Crippen molar-refractivity contribution in [3.05, 3.63) is 18.2 Å². The van der Waals surface area contributed by atoms with Crippen molar-refractivity contribution in [3.63, 3.8) is 0 Å². The van der Waals surface area contributed by atoms with Crippen molar-refractivity contribution in [2.24, 2.45) is 17.6 Å². The minimum atomic E-state index is 0. The number of hydrogen-bond acceptors (Lipinski definition) is 4. The van der Waals surface area contributed by atoms with Crippen LogP contribution in [0.25, 0.3) is 0 Å². The lowest BCUT2D eigenvalue weighted by atomic mass is 9.95. The van der Waals surface area contributed by atoms with Crippen molar-refractivity contribution in [2.75, 3.05) is 25.1 Å². The smallest absolute Gasteiger partial charge is 0.227 e. The van der Waals surface area contributed by atoms with Gasteiger partial charge in [-0.15, -0.1) is 12.4 Å². The second-order valence-corrected chi connectivity index (χ2v) is 5.38. The number of anilines is 1. The van der Waals surface area contributed by atoms with Gasteiger partial charge in [0.25, 0.3) is 0 Å². The number of hydrogen-bond donors (Lipinski definition) is 2.